The molecular formula is C21H28N2O2. The summed E-state index contributed by atoms with van der Waals surface area (Å²) >= 11 is 0. The van der Waals surface area contributed by atoms with Crippen molar-refractivity contribution in [1.82, 2.24) is 10.2 Å². The van der Waals surface area contributed by atoms with Gasteiger partial charge in [0, 0.05) is 32.1 Å². The largest absolute Gasteiger partial charge is 0.464 e. The second-order valence-electron chi connectivity index (χ2n) is 7.38. The number of benzene rings is 1. The fourth-order valence-corrected chi connectivity index (χ4v) is 3.61. The molecule has 0 amide bonds. The van der Waals surface area contributed by atoms with Crippen molar-refractivity contribution in [1.29, 1.82) is 0 Å². The lowest BCUT2D eigenvalue weighted by Gasteiger charge is -2.27. The van der Waals surface area contributed by atoms with E-state index in [9.17, 15) is 0 Å². The minimum atomic E-state index is 0.656. The molecule has 1 aliphatic carbocycles. The van der Waals surface area contributed by atoms with Crippen LogP contribution in [-0.2, 0) is 24.4 Å². The number of ether oxygens (including phenoxy) is 1. The van der Waals surface area contributed by atoms with Gasteiger partial charge in [0.2, 0.25) is 0 Å². The predicted octanol–water partition coefficient (Wildman–Crippen LogP) is 3.53. The van der Waals surface area contributed by atoms with Crippen LogP contribution in [0.25, 0.3) is 0 Å². The zero-order valence-electron chi connectivity index (χ0n) is 15.0. The van der Waals surface area contributed by atoms with Crippen LogP contribution < -0.4 is 5.32 Å². The zero-order chi connectivity index (χ0) is 17.1. The molecule has 1 saturated carbocycles. The minimum Gasteiger partial charge on any atom is -0.464 e. The highest BCUT2D eigenvalue weighted by molar-refractivity contribution is 5.27. The maximum Gasteiger partial charge on any atom is 0.117 e. The molecule has 2 atom stereocenters. The van der Waals surface area contributed by atoms with Crippen LogP contribution in [0.5, 0.6) is 0 Å². The molecule has 2 heterocycles. The van der Waals surface area contributed by atoms with Crippen LogP contribution in [0, 0.1) is 5.92 Å². The number of nitrogens with one attached hydrogen (secondary N) is 1. The fourth-order valence-electron chi connectivity index (χ4n) is 3.61. The van der Waals surface area contributed by atoms with Crippen LogP contribution in [-0.4, -0.2) is 31.2 Å². The first kappa shape index (κ1) is 16.8. The van der Waals surface area contributed by atoms with Gasteiger partial charge in [-0.2, -0.15) is 0 Å². The maximum absolute atomic E-state index is 5.98. The second kappa shape index (κ2) is 7.73. The highest BCUT2D eigenvalue weighted by Crippen LogP contribution is 2.47. The number of furan rings is 1. The molecule has 2 fully saturated rings. The fraction of sp³-hybridized carbons (Fsp3) is 0.524. The third kappa shape index (κ3) is 4.32. The van der Waals surface area contributed by atoms with Crippen molar-refractivity contribution in [2.45, 2.75) is 38.9 Å². The van der Waals surface area contributed by atoms with Crippen LogP contribution in [0.2, 0.25) is 0 Å². The lowest BCUT2D eigenvalue weighted by atomic mass is 10.1. The van der Waals surface area contributed by atoms with Gasteiger partial charge >= 0.3 is 0 Å². The molecule has 1 saturated heterocycles. The molecule has 4 nitrogen and oxygen atoms in total. The molecule has 2 unspecified atom stereocenters. The molecular weight excluding hydrogens is 312 g/mol. The third-order valence-electron chi connectivity index (χ3n) is 5.39. The zero-order valence-corrected chi connectivity index (χ0v) is 15.0. The standard InChI is InChI=1S/C21H28N2O2/c1-16-12-20(16)21-7-6-19(25-21)14-22-13-17-4-2-3-5-18(17)15-23-8-10-24-11-9-23/h2-7,16,20,22H,8-15H2,1H3. The van der Waals surface area contributed by atoms with Gasteiger partial charge in [-0.25, -0.2) is 0 Å². The third-order valence-corrected chi connectivity index (χ3v) is 5.39. The van der Waals surface area contributed by atoms with Crippen molar-refractivity contribution in [3.63, 3.8) is 0 Å². The Kier molecular flexibility index (Phi) is 5.20. The van der Waals surface area contributed by atoms with Crippen LogP contribution in [0.4, 0.5) is 0 Å². The molecule has 0 bridgehead atoms. The van der Waals surface area contributed by atoms with E-state index in [2.05, 4.69) is 53.5 Å². The van der Waals surface area contributed by atoms with Crippen molar-refractivity contribution in [3.05, 3.63) is 59.0 Å². The summed E-state index contributed by atoms with van der Waals surface area (Å²) < 4.78 is 11.4. The van der Waals surface area contributed by atoms with Crippen molar-refractivity contribution < 1.29 is 9.15 Å². The van der Waals surface area contributed by atoms with Crippen molar-refractivity contribution in [2.24, 2.45) is 5.92 Å². The highest BCUT2D eigenvalue weighted by atomic mass is 16.5. The van der Waals surface area contributed by atoms with Crippen LogP contribution in [0.3, 0.4) is 0 Å². The number of hydrogen-bond donors (Lipinski definition) is 1. The molecule has 0 spiro atoms. The molecule has 134 valence electrons. The van der Waals surface area contributed by atoms with E-state index in [-0.39, 0.29) is 0 Å². The van der Waals surface area contributed by atoms with Crippen LogP contribution >= 0.6 is 0 Å². The molecule has 25 heavy (non-hydrogen) atoms. The number of nitrogens with zero attached hydrogens (tertiary/aromatic N) is 1. The van der Waals surface area contributed by atoms with E-state index < -0.39 is 0 Å². The first-order chi connectivity index (χ1) is 12.3. The van der Waals surface area contributed by atoms with Crippen molar-refractivity contribution >= 4 is 0 Å². The smallest absolute Gasteiger partial charge is 0.117 e. The molecule has 4 rings (SSSR count). The van der Waals surface area contributed by atoms with Crippen LogP contribution in [0.15, 0.2) is 40.8 Å². The first-order valence-corrected chi connectivity index (χ1v) is 9.46. The summed E-state index contributed by atoms with van der Waals surface area (Å²) in [5.74, 6) is 3.65. The summed E-state index contributed by atoms with van der Waals surface area (Å²) in [7, 11) is 0. The van der Waals surface area contributed by atoms with E-state index in [1.807, 2.05) is 0 Å². The van der Waals surface area contributed by atoms with Crippen molar-refractivity contribution in [2.75, 3.05) is 26.3 Å². The molecule has 4 heteroatoms. The van der Waals surface area contributed by atoms with Gasteiger partial charge in [-0.05, 0) is 35.6 Å². The van der Waals surface area contributed by atoms with Gasteiger partial charge in [-0.3, -0.25) is 4.90 Å². The highest BCUT2D eigenvalue weighted by Gasteiger charge is 2.36. The Morgan fingerprint density at radius 2 is 1.80 bits per heavy atom. The van der Waals surface area contributed by atoms with E-state index >= 15 is 0 Å². The minimum absolute atomic E-state index is 0.656. The molecule has 1 N–H and O–H groups in total. The van der Waals surface area contributed by atoms with Gasteiger partial charge in [-0.1, -0.05) is 31.2 Å². The summed E-state index contributed by atoms with van der Waals surface area (Å²) in [6.45, 7) is 8.69. The summed E-state index contributed by atoms with van der Waals surface area (Å²) in [6, 6.07) is 13.0. The topological polar surface area (TPSA) is 37.6 Å². The Labute approximate surface area is 150 Å². The summed E-state index contributed by atoms with van der Waals surface area (Å²) in [4.78, 5) is 2.47. The Balaban J connectivity index is 1.31. The Bertz CT molecular complexity index is 691. The van der Waals surface area contributed by atoms with Gasteiger partial charge in [-0.15, -0.1) is 0 Å². The van der Waals surface area contributed by atoms with E-state index in [1.54, 1.807) is 0 Å². The second-order valence-corrected chi connectivity index (χ2v) is 7.38. The molecule has 1 aliphatic heterocycles. The van der Waals surface area contributed by atoms with E-state index in [1.165, 1.54) is 17.5 Å². The van der Waals surface area contributed by atoms with Gasteiger partial charge in [0.25, 0.3) is 0 Å². The quantitative estimate of drug-likeness (QED) is 0.837. The summed E-state index contributed by atoms with van der Waals surface area (Å²) in [5, 5.41) is 3.54. The maximum atomic E-state index is 5.98. The predicted molar refractivity (Wildman–Crippen MR) is 98.3 cm³/mol. The van der Waals surface area contributed by atoms with Crippen LogP contribution in [0.1, 0.15) is 41.9 Å². The SMILES string of the molecule is CC1CC1c1ccc(CNCc2ccccc2CN2CCOCC2)o1. The average Bonchev–Trinajstić information content (AvgIpc) is 3.18. The van der Waals surface area contributed by atoms with Crippen molar-refractivity contribution in [3.8, 4) is 0 Å². The summed E-state index contributed by atoms with van der Waals surface area (Å²) in [6.07, 6.45) is 1.27. The van der Waals surface area contributed by atoms with E-state index in [4.69, 9.17) is 9.15 Å². The van der Waals surface area contributed by atoms with E-state index in [0.29, 0.717) is 5.92 Å². The Morgan fingerprint density at radius 3 is 2.56 bits per heavy atom. The van der Waals surface area contributed by atoms with Gasteiger partial charge < -0.3 is 14.5 Å². The normalized spacial score (nSPS) is 23.7. The molecule has 0 radical (unpaired) electrons. The molecule has 1 aromatic carbocycles. The van der Waals surface area contributed by atoms with E-state index in [0.717, 1.165) is 63.4 Å². The number of rotatable bonds is 7. The first-order valence-electron chi connectivity index (χ1n) is 9.46. The number of hydrogen-bond acceptors (Lipinski definition) is 4. The molecule has 1 aromatic heterocycles. The van der Waals surface area contributed by atoms with Gasteiger partial charge in [0.15, 0.2) is 0 Å². The lowest BCUT2D eigenvalue weighted by Crippen LogP contribution is -2.36. The monoisotopic (exact) mass is 340 g/mol. The summed E-state index contributed by atoms with van der Waals surface area (Å²) in [5.41, 5.74) is 2.78. The Hall–Kier alpha value is -1.62. The number of morpholine rings is 1. The Morgan fingerprint density at radius 1 is 1.04 bits per heavy atom. The lowest BCUT2D eigenvalue weighted by molar-refractivity contribution is 0.0340. The van der Waals surface area contributed by atoms with Gasteiger partial charge in [0.1, 0.15) is 11.5 Å². The van der Waals surface area contributed by atoms with Gasteiger partial charge in [0.05, 0.1) is 19.8 Å². The molecule has 2 aromatic rings. The average molecular weight is 340 g/mol. The molecule has 2 aliphatic rings.